The second-order valence-electron chi connectivity index (χ2n) is 12.1. The molecule has 4 atom stereocenters. The van der Waals surface area contributed by atoms with Crippen LogP contribution in [0.25, 0.3) is 0 Å². The Morgan fingerprint density at radius 2 is 1.00 bits per heavy atom. The van der Waals surface area contributed by atoms with Gasteiger partial charge in [0.15, 0.2) is 0 Å². The van der Waals surface area contributed by atoms with Crippen LogP contribution in [0.3, 0.4) is 0 Å². The third-order valence-electron chi connectivity index (χ3n) is 8.68. The van der Waals surface area contributed by atoms with Crippen molar-refractivity contribution in [2.75, 3.05) is 13.2 Å². The highest BCUT2D eigenvalue weighted by Crippen LogP contribution is 2.25. The third kappa shape index (κ3) is 11.3. The van der Waals surface area contributed by atoms with Crippen LogP contribution in [0.5, 0.6) is 0 Å². The fourth-order valence-electron chi connectivity index (χ4n) is 5.58. The van der Waals surface area contributed by atoms with Gasteiger partial charge in [0.2, 0.25) is 0 Å². The van der Waals surface area contributed by atoms with E-state index in [1.807, 2.05) is 61.3 Å². The smallest absolute Gasteiger partial charge is 0.309 e. The quantitative estimate of drug-likeness (QED) is 0.121. The number of rotatable bonds is 20. The average molecular weight is 667 g/mol. The fourth-order valence-corrected chi connectivity index (χ4v) is 5.58. The lowest BCUT2D eigenvalue weighted by molar-refractivity contribution is -0.156. The first-order valence-corrected chi connectivity index (χ1v) is 16.7. The first-order chi connectivity index (χ1) is 23.1. The van der Waals surface area contributed by atoms with Gasteiger partial charge in [0.05, 0.1) is 37.7 Å². The molecule has 0 saturated carbocycles. The van der Waals surface area contributed by atoms with Gasteiger partial charge in [-0.25, -0.2) is 9.97 Å². The summed E-state index contributed by atoms with van der Waals surface area (Å²) in [6, 6.07) is 7.33. The van der Waals surface area contributed by atoms with Crippen LogP contribution in [0.4, 0.5) is 0 Å². The number of aromatic nitrogens is 4. The van der Waals surface area contributed by atoms with Gasteiger partial charge >= 0.3 is 23.9 Å². The Balaban J connectivity index is 1.58. The van der Waals surface area contributed by atoms with Crippen molar-refractivity contribution in [3.63, 3.8) is 0 Å². The number of esters is 4. The Kier molecular flexibility index (Phi) is 15.3. The molecule has 0 aliphatic heterocycles. The van der Waals surface area contributed by atoms with Crippen LogP contribution in [-0.2, 0) is 78.3 Å². The topological polar surface area (TPSA) is 141 Å². The molecule has 12 heteroatoms. The van der Waals surface area contributed by atoms with Gasteiger partial charge in [0.25, 0.3) is 0 Å². The van der Waals surface area contributed by atoms with E-state index >= 15 is 0 Å². The van der Waals surface area contributed by atoms with Crippen LogP contribution >= 0.6 is 0 Å². The molecular formula is C36H50N4O8. The molecule has 262 valence electrons. The molecule has 2 heterocycles. The van der Waals surface area contributed by atoms with Crippen LogP contribution in [0.15, 0.2) is 49.3 Å². The first kappa shape index (κ1) is 38.0. The van der Waals surface area contributed by atoms with Crippen molar-refractivity contribution < 1.29 is 38.1 Å². The van der Waals surface area contributed by atoms with Gasteiger partial charge in [0, 0.05) is 62.6 Å². The number of benzene rings is 1. The largest absolute Gasteiger partial charge is 0.465 e. The van der Waals surface area contributed by atoms with E-state index in [0.717, 1.165) is 22.5 Å². The maximum Gasteiger partial charge on any atom is 0.309 e. The number of nitrogens with zero attached hydrogens (tertiary/aromatic N) is 4. The van der Waals surface area contributed by atoms with Crippen LogP contribution < -0.4 is 0 Å². The molecule has 0 aliphatic rings. The summed E-state index contributed by atoms with van der Waals surface area (Å²) in [5.41, 5.74) is 3.44. The second-order valence-corrected chi connectivity index (χ2v) is 12.1. The van der Waals surface area contributed by atoms with Crippen molar-refractivity contribution in [2.24, 2.45) is 37.8 Å². The van der Waals surface area contributed by atoms with Crippen molar-refractivity contribution in [1.82, 2.24) is 19.1 Å². The van der Waals surface area contributed by atoms with Crippen molar-refractivity contribution in [3.8, 4) is 0 Å². The molecule has 12 nitrogen and oxygen atoms in total. The molecule has 1 aromatic carbocycles. The molecule has 0 bridgehead atoms. The van der Waals surface area contributed by atoms with E-state index in [-0.39, 0.29) is 75.0 Å². The van der Waals surface area contributed by atoms with Gasteiger partial charge in [-0.3, -0.25) is 19.2 Å². The fraction of sp³-hybridized carbons (Fsp3) is 0.556. The standard InChI is InChI=1S/C36H50N4O8/c1-7-31(27(21-45-33(41)9-3)15-29-17-37-23-39(29)5)35(43)47-19-25-11-13-26(14-12-25)20-48-36(44)32(8-2)28(22-46-34(42)10-4)16-30-18-38-24-40(30)6/h11-14,17-18,23-24,27-28,31-32H,7-10,15-16,19-22H2,1-6H3/t27-,28+,31-,32-/m0/s1. The molecule has 0 fully saturated rings. The number of ether oxygens (including phenoxy) is 4. The number of imidazole rings is 2. The Morgan fingerprint density at radius 3 is 1.29 bits per heavy atom. The summed E-state index contributed by atoms with van der Waals surface area (Å²) in [5, 5.41) is 0. The third-order valence-corrected chi connectivity index (χ3v) is 8.68. The Bertz CT molecular complexity index is 1360. The lowest BCUT2D eigenvalue weighted by atomic mass is 9.87. The first-order valence-electron chi connectivity index (χ1n) is 16.7. The van der Waals surface area contributed by atoms with E-state index in [1.165, 1.54) is 0 Å². The van der Waals surface area contributed by atoms with E-state index in [4.69, 9.17) is 18.9 Å². The van der Waals surface area contributed by atoms with Gasteiger partial charge in [-0.05, 0) is 36.8 Å². The number of hydrogen-bond acceptors (Lipinski definition) is 10. The minimum absolute atomic E-state index is 0.0761. The normalized spacial score (nSPS) is 13.6. The molecular weight excluding hydrogens is 616 g/mol. The molecule has 2 aromatic heterocycles. The summed E-state index contributed by atoms with van der Waals surface area (Å²) in [6.07, 6.45) is 9.50. The molecule has 48 heavy (non-hydrogen) atoms. The van der Waals surface area contributed by atoms with E-state index < -0.39 is 11.8 Å². The Morgan fingerprint density at radius 1 is 0.625 bits per heavy atom. The highest BCUT2D eigenvalue weighted by molar-refractivity contribution is 5.74. The lowest BCUT2D eigenvalue weighted by Gasteiger charge is -2.25. The molecule has 3 aromatic rings. The maximum absolute atomic E-state index is 13.3. The van der Waals surface area contributed by atoms with Gasteiger partial charge in [-0.1, -0.05) is 52.0 Å². The molecule has 0 radical (unpaired) electrons. The van der Waals surface area contributed by atoms with Gasteiger partial charge in [-0.15, -0.1) is 0 Å². The molecule has 0 N–H and O–H groups in total. The highest BCUT2D eigenvalue weighted by Gasteiger charge is 2.32. The van der Waals surface area contributed by atoms with E-state index in [1.54, 1.807) is 38.9 Å². The van der Waals surface area contributed by atoms with Crippen molar-refractivity contribution in [1.29, 1.82) is 0 Å². The molecule has 0 spiro atoms. The minimum Gasteiger partial charge on any atom is -0.465 e. The van der Waals surface area contributed by atoms with E-state index in [0.29, 0.717) is 25.7 Å². The molecule has 3 rings (SSSR count). The zero-order valence-corrected chi connectivity index (χ0v) is 29.1. The van der Waals surface area contributed by atoms with Crippen LogP contribution in [0.2, 0.25) is 0 Å². The lowest BCUT2D eigenvalue weighted by Crippen LogP contribution is -2.31. The summed E-state index contributed by atoms with van der Waals surface area (Å²) < 4.78 is 26.1. The Hall–Kier alpha value is -4.48. The second kappa shape index (κ2) is 19.4. The predicted octanol–water partition coefficient (Wildman–Crippen LogP) is 4.92. The van der Waals surface area contributed by atoms with Crippen molar-refractivity contribution >= 4 is 23.9 Å². The van der Waals surface area contributed by atoms with Gasteiger partial charge in [-0.2, -0.15) is 0 Å². The summed E-state index contributed by atoms with van der Waals surface area (Å²) in [7, 11) is 3.77. The number of carbonyl (C=O) groups is 4. The van der Waals surface area contributed by atoms with Crippen molar-refractivity contribution in [3.05, 3.63) is 71.8 Å². The minimum atomic E-state index is -0.470. The van der Waals surface area contributed by atoms with E-state index in [2.05, 4.69) is 9.97 Å². The zero-order valence-electron chi connectivity index (χ0n) is 29.1. The van der Waals surface area contributed by atoms with Crippen LogP contribution in [-0.4, -0.2) is 56.2 Å². The van der Waals surface area contributed by atoms with E-state index in [9.17, 15) is 19.2 Å². The van der Waals surface area contributed by atoms with Gasteiger partial charge < -0.3 is 28.1 Å². The average Bonchev–Trinajstić information content (AvgIpc) is 3.70. The van der Waals surface area contributed by atoms with Gasteiger partial charge in [0.1, 0.15) is 13.2 Å². The number of aryl methyl sites for hydroxylation is 2. The molecule has 0 unspecified atom stereocenters. The predicted molar refractivity (Wildman–Crippen MR) is 177 cm³/mol. The molecule has 0 aliphatic carbocycles. The summed E-state index contributed by atoms with van der Waals surface area (Å²) >= 11 is 0. The molecule has 0 saturated heterocycles. The highest BCUT2D eigenvalue weighted by atomic mass is 16.5. The number of carbonyl (C=O) groups excluding carboxylic acids is 4. The summed E-state index contributed by atoms with van der Waals surface area (Å²) in [4.78, 5) is 58.6. The maximum atomic E-state index is 13.3. The van der Waals surface area contributed by atoms with Crippen LogP contribution in [0, 0.1) is 23.7 Å². The SMILES string of the molecule is CCC(=O)OC[C@H](Cc1cncn1C)[C@H](CC)C(=O)OCc1ccc(COC(=O)[C@@H](CC)[C@@H](COC(=O)CC)Cc2cncn2C)cc1. The number of hydrogen-bond donors (Lipinski definition) is 0. The van der Waals surface area contributed by atoms with Crippen molar-refractivity contribution in [2.45, 2.75) is 79.4 Å². The molecule has 0 amide bonds. The summed E-state index contributed by atoms with van der Waals surface area (Å²) in [6.45, 7) is 7.69. The summed E-state index contributed by atoms with van der Waals surface area (Å²) in [5.74, 6) is -2.81. The Labute approximate surface area is 283 Å². The van der Waals surface area contributed by atoms with Crippen LogP contribution in [0.1, 0.15) is 75.9 Å². The zero-order chi connectivity index (χ0) is 35.1. The monoisotopic (exact) mass is 666 g/mol.